The predicted octanol–water partition coefficient (Wildman–Crippen LogP) is 3.04. The molecule has 1 aromatic carbocycles. The summed E-state index contributed by atoms with van der Waals surface area (Å²) in [6.45, 7) is 3.47. The highest BCUT2D eigenvalue weighted by atomic mass is 15.2. The highest BCUT2D eigenvalue weighted by molar-refractivity contribution is 5.53. The van der Waals surface area contributed by atoms with Crippen LogP contribution in [0.15, 0.2) is 24.3 Å². The number of hydrogen-bond donors (Lipinski definition) is 1. The van der Waals surface area contributed by atoms with Crippen LogP contribution < -0.4 is 10.6 Å². The molecule has 0 aliphatic carbocycles. The van der Waals surface area contributed by atoms with E-state index in [0.29, 0.717) is 0 Å². The molecule has 1 aromatic rings. The van der Waals surface area contributed by atoms with Crippen LogP contribution in [0.2, 0.25) is 0 Å². The van der Waals surface area contributed by atoms with Crippen molar-refractivity contribution in [1.29, 1.82) is 0 Å². The molecule has 1 atom stereocenters. The number of hydrogen-bond acceptors (Lipinski definition) is 2. The van der Waals surface area contributed by atoms with Crippen molar-refractivity contribution in [3.05, 3.63) is 24.3 Å². The van der Waals surface area contributed by atoms with E-state index in [1.165, 1.54) is 37.9 Å². The first kappa shape index (κ1) is 10.3. The van der Waals surface area contributed by atoms with Gasteiger partial charge in [0.15, 0.2) is 0 Å². The number of anilines is 2. The molecule has 82 valence electrons. The normalized spacial score (nSPS) is 21.7. The van der Waals surface area contributed by atoms with Crippen LogP contribution in [0.25, 0.3) is 0 Å². The summed E-state index contributed by atoms with van der Waals surface area (Å²) in [7, 11) is 0. The molecule has 2 heteroatoms. The molecule has 1 aliphatic rings. The molecule has 1 aliphatic heterocycles. The summed E-state index contributed by atoms with van der Waals surface area (Å²) in [4.78, 5) is 2.53. The number of rotatable bonds is 2. The lowest BCUT2D eigenvalue weighted by molar-refractivity contribution is 0.450. The van der Waals surface area contributed by atoms with Crippen molar-refractivity contribution in [1.82, 2.24) is 0 Å². The number of nitrogens with zero attached hydrogens (tertiary/aromatic N) is 1. The zero-order valence-electron chi connectivity index (χ0n) is 9.45. The van der Waals surface area contributed by atoms with Crippen molar-refractivity contribution in [3.63, 3.8) is 0 Å². The Kier molecular flexibility index (Phi) is 3.14. The van der Waals surface area contributed by atoms with Crippen LogP contribution in [0.3, 0.4) is 0 Å². The fraction of sp³-hybridized carbons (Fsp3) is 0.538. The van der Waals surface area contributed by atoms with Gasteiger partial charge in [-0.3, -0.25) is 0 Å². The third-order valence-corrected chi connectivity index (χ3v) is 3.32. The van der Waals surface area contributed by atoms with Crippen molar-refractivity contribution >= 4 is 11.4 Å². The third kappa shape index (κ3) is 2.25. The molecule has 0 amide bonds. The van der Waals surface area contributed by atoms with E-state index in [2.05, 4.69) is 24.0 Å². The largest absolute Gasteiger partial charge is 0.399 e. The zero-order valence-corrected chi connectivity index (χ0v) is 9.45. The Balaban J connectivity index is 2.16. The molecule has 2 nitrogen and oxygen atoms in total. The van der Waals surface area contributed by atoms with Gasteiger partial charge >= 0.3 is 0 Å². The van der Waals surface area contributed by atoms with E-state index in [1.54, 1.807) is 0 Å². The Morgan fingerprint density at radius 1 is 1.27 bits per heavy atom. The molecule has 0 bridgehead atoms. The van der Waals surface area contributed by atoms with Gasteiger partial charge in [0.2, 0.25) is 0 Å². The lowest BCUT2D eigenvalue weighted by atomic mass is 9.99. The number of nitrogens with two attached hydrogens (primary N) is 1. The van der Waals surface area contributed by atoms with Gasteiger partial charge in [-0.25, -0.2) is 0 Å². The lowest BCUT2D eigenvalue weighted by Crippen LogP contribution is -2.39. The van der Waals surface area contributed by atoms with Crippen LogP contribution in [0.5, 0.6) is 0 Å². The first-order valence-electron chi connectivity index (χ1n) is 5.93. The SMILES string of the molecule is CC[C@@H]1CCCCN1c1ccc(N)cc1. The summed E-state index contributed by atoms with van der Waals surface area (Å²) in [6, 6.07) is 9.00. The number of benzene rings is 1. The molecule has 0 spiro atoms. The molecule has 1 fully saturated rings. The lowest BCUT2D eigenvalue weighted by Gasteiger charge is -2.37. The van der Waals surface area contributed by atoms with Crippen LogP contribution in [-0.2, 0) is 0 Å². The zero-order chi connectivity index (χ0) is 10.7. The first-order chi connectivity index (χ1) is 7.31. The second kappa shape index (κ2) is 4.56. The Bertz CT molecular complexity index is 305. The van der Waals surface area contributed by atoms with E-state index in [1.807, 2.05) is 12.1 Å². The summed E-state index contributed by atoms with van der Waals surface area (Å²) in [5.74, 6) is 0. The minimum absolute atomic E-state index is 0.724. The molecular weight excluding hydrogens is 184 g/mol. The maximum absolute atomic E-state index is 5.70. The molecule has 0 saturated carbocycles. The second-order valence-corrected chi connectivity index (χ2v) is 4.34. The predicted molar refractivity (Wildman–Crippen MR) is 66.1 cm³/mol. The fourth-order valence-electron chi connectivity index (χ4n) is 2.43. The van der Waals surface area contributed by atoms with E-state index in [-0.39, 0.29) is 0 Å². The van der Waals surface area contributed by atoms with Gasteiger partial charge in [-0.15, -0.1) is 0 Å². The second-order valence-electron chi connectivity index (χ2n) is 4.34. The molecule has 2 rings (SSSR count). The number of piperidine rings is 1. The van der Waals surface area contributed by atoms with E-state index in [4.69, 9.17) is 5.73 Å². The first-order valence-corrected chi connectivity index (χ1v) is 5.93. The van der Waals surface area contributed by atoms with Crippen LogP contribution in [0.4, 0.5) is 11.4 Å². The molecule has 0 radical (unpaired) electrons. The van der Waals surface area contributed by atoms with Gasteiger partial charge in [0.25, 0.3) is 0 Å². The van der Waals surface area contributed by atoms with Gasteiger partial charge in [-0.05, 0) is 49.9 Å². The topological polar surface area (TPSA) is 29.3 Å². The molecule has 1 heterocycles. The van der Waals surface area contributed by atoms with Gasteiger partial charge in [-0.1, -0.05) is 6.92 Å². The summed E-state index contributed by atoms with van der Waals surface area (Å²) >= 11 is 0. The molecule has 2 N–H and O–H groups in total. The molecule has 0 unspecified atom stereocenters. The van der Waals surface area contributed by atoms with E-state index < -0.39 is 0 Å². The van der Waals surface area contributed by atoms with Gasteiger partial charge in [0.1, 0.15) is 0 Å². The summed E-state index contributed by atoms with van der Waals surface area (Å²) in [5, 5.41) is 0. The van der Waals surface area contributed by atoms with E-state index in [0.717, 1.165) is 11.7 Å². The van der Waals surface area contributed by atoms with Crippen LogP contribution in [-0.4, -0.2) is 12.6 Å². The standard InChI is InChI=1S/C13H20N2/c1-2-12-5-3-4-10-15(12)13-8-6-11(14)7-9-13/h6-9,12H,2-5,10,14H2,1H3/t12-/m1/s1. The summed E-state index contributed by atoms with van der Waals surface area (Å²) < 4.78 is 0. The quantitative estimate of drug-likeness (QED) is 0.750. The average molecular weight is 204 g/mol. The Labute approximate surface area is 92.1 Å². The van der Waals surface area contributed by atoms with Crippen molar-refractivity contribution in [2.24, 2.45) is 0 Å². The van der Waals surface area contributed by atoms with Crippen LogP contribution in [0, 0.1) is 0 Å². The maximum Gasteiger partial charge on any atom is 0.0370 e. The van der Waals surface area contributed by atoms with Gasteiger partial charge < -0.3 is 10.6 Å². The van der Waals surface area contributed by atoms with Crippen molar-refractivity contribution in [2.75, 3.05) is 17.2 Å². The Morgan fingerprint density at radius 3 is 2.67 bits per heavy atom. The molecule has 1 saturated heterocycles. The Morgan fingerprint density at radius 2 is 2.00 bits per heavy atom. The van der Waals surface area contributed by atoms with Crippen molar-refractivity contribution in [3.8, 4) is 0 Å². The third-order valence-electron chi connectivity index (χ3n) is 3.32. The minimum Gasteiger partial charge on any atom is -0.399 e. The van der Waals surface area contributed by atoms with E-state index in [9.17, 15) is 0 Å². The van der Waals surface area contributed by atoms with Gasteiger partial charge in [0, 0.05) is 24.0 Å². The molecule has 0 aromatic heterocycles. The van der Waals surface area contributed by atoms with Crippen LogP contribution in [0.1, 0.15) is 32.6 Å². The van der Waals surface area contributed by atoms with Crippen LogP contribution >= 0.6 is 0 Å². The maximum atomic E-state index is 5.70. The highest BCUT2D eigenvalue weighted by Gasteiger charge is 2.20. The van der Waals surface area contributed by atoms with Crippen molar-refractivity contribution in [2.45, 2.75) is 38.6 Å². The van der Waals surface area contributed by atoms with Gasteiger partial charge in [0.05, 0.1) is 0 Å². The summed E-state index contributed by atoms with van der Waals surface area (Å²) in [6.07, 6.45) is 5.27. The van der Waals surface area contributed by atoms with E-state index >= 15 is 0 Å². The molecule has 15 heavy (non-hydrogen) atoms. The van der Waals surface area contributed by atoms with Crippen molar-refractivity contribution < 1.29 is 0 Å². The summed E-state index contributed by atoms with van der Waals surface area (Å²) in [5.41, 5.74) is 7.88. The smallest absolute Gasteiger partial charge is 0.0370 e. The minimum atomic E-state index is 0.724. The molecular formula is C13H20N2. The fourth-order valence-corrected chi connectivity index (χ4v) is 2.43. The van der Waals surface area contributed by atoms with Gasteiger partial charge in [-0.2, -0.15) is 0 Å². The average Bonchev–Trinajstić information content (AvgIpc) is 2.30. The monoisotopic (exact) mass is 204 g/mol. The number of nitrogen functional groups attached to an aromatic ring is 1. The highest BCUT2D eigenvalue weighted by Crippen LogP contribution is 2.26. The Hall–Kier alpha value is -1.18.